The van der Waals surface area contributed by atoms with Gasteiger partial charge in [0.25, 0.3) is 0 Å². The first kappa shape index (κ1) is 7.64. The summed E-state index contributed by atoms with van der Waals surface area (Å²) in [5, 5.41) is 1.89. The summed E-state index contributed by atoms with van der Waals surface area (Å²) < 4.78 is 1.07. The Labute approximate surface area is 79.1 Å². The molecule has 1 aliphatic rings. The van der Waals surface area contributed by atoms with Crippen molar-refractivity contribution in [3.05, 3.63) is 41.1 Å². The molecular weight excluding hydrogens is 218 g/mol. The SMILES string of the molecule is Brc1cccc(N2C=CNN2)c1. The highest BCUT2D eigenvalue weighted by molar-refractivity contribution is 9.10. The maximum atomic E-state index is 3.41. The number of benzene rings is 1. The molecule has 0 bridgehead atoms. The number of hydrogen-bond donors (Lipinski definition) is 2. The van der Waals surface area contributed by atoms with Crippen molar-refractivity contribution in [1.82, 2.24) is 11.0 Å². The van der Waals surface area contributed by atoms with Crippen LogP contribution in [0.25, 0.3) is 0 Å². The maximum Gasteiger partial charge on any atom is 0.0600 e. The molecule has 1 aliphatic heterocycles. The smallest absolute Gasteiger partial charge is 0.0600 e. The van der Waals surface area contributed by atoms with Crippen molar-refractivity contribution in [2.75, 3.05) is 5.01 Å². The van der Waals surface area contributed by atoms with E-state index in [1.165, 1.54) is 0 Å². The molecule has 62 valence electrons. The van der Waals surface area contributed by atoms with Gasteiger partial charge in [0.1, 0.15) is 0 Å². The van der Waals surface area contributed by atoms with Crippen LogP contribution in [0.1, 0.15) is 0 Å². The van der Waals surface area contributed by atoms with Gasteiger partial charge >= 0.3 is 0 Å². The molecule has 0 spiro atoms. The number of halogens is 1. The molecule has 0 radical (unpaired) electrons. The predicted octanol–water partition coefficient (Wildman–Crippen LogP) is 1.75. The quantitative estimate of drug-likeness (QED) is 0.763. The van der Waals surface area contributed by atoms with E-state index in [4.69, 9.17) is 0 Å². The molecule has 1 heterocycles. The zero-order valence-corrected chi connectivity index (χ0v) is 7.88. The van der Waals surface area contributed by atoms with Crippen LogP contribution in [0.3, 0.4) is 0 Å². The normalized spacial score (nSPS) is 14.9. The number of nitrogens with zero attached hydrogens (tertiary/aromatic N) is 1. The van der Waals surface area contributed by atoms with Crippen LogP contribution in [0.5, 0.6) is 0 Å². The van der Waals surface area contributed by atoms with Gasteiger partial charge in [0.2, 0.25) is 0 Å². The highest BCUT2D eigenvalue weighted by Crippen LogP contribution is 2.19. The van der Waals surface area contributed by atoms with Gasteiger partial charge in [-0.25, -0.2) is 0 Å². The zero-order valence-electron chi connectivity index (χ0n) is 6.29. The summed E-state index contributed by atoms with van der Waals surface area (Å²) in [5.41, 5.74) is 6.91. The second-order valence-electron chi connectivity index (χ2n) is 2.42. The van der Waals surface area contributed by atoms with Crippen LogP contribution in [0, 0.1) is 0 Å². The summed E-state index contributed by atoms with van der Waals surface area (Å²) in [5.74, 6) is 0. The summed E-state index contributed by atoms with van der Waals surface area (Å²) >= 11 is 3.41. The van der Waals surface area contributed by atoms with Gasteiger partial charge in [0.15, 0.2) is 0 Å². The molecule has 0 unspecified atom stereocenters. The Kier molecular flexibility index (Phi) is 2.01. The Morgan fingerprint density at radius 3 is 2.92 bits per heavy atom. The molecule has 12 heavy (non-hydrogen) atoms. The van der Waals surface area contributed by atoms with Crippen molar-refractivity contribution in [2.24, 2.45) is 0 Å². The minimum absolute atomic E-state index is 1.07. The highest BCUT2D eigenvalue weighted by atomic mass is 79.9. The molecule has 1 aromatic carbocycles. The Hall–Kier alpha value is -1.00. The van der Waals surface area contributed by atoms with Crippen molar-refractivity contribution >= 4 is 21.6 Å². The Bertz CT molecular complexity index is 311. The maximum absolute atomic E-state index is 3.41. The fourth-order valence-electron chi connectivity index (χ4n) is 1.03. The van der Waals surface area contributed by atoms with Gasteiger partial charge < -0.3 is 5.43 Å². The second-order valence-corrected chi connectivity index (χ2v) is 3.34. The molecule has 0 aromatic heterocycles. The van der Waals surface area contributed by atoms with E-state index in [2.05, 4.69) is 26.9 Å². The minimum atomic E-state index is 1.07. The second kappa shape index (κ2) is 3.16. The van der Waals surface area contributed by atoms with Crippen molar-refractivity contribution in [1.29, 1.82) is 0 Å². The van der Waals surface area contributed by atoms with Crippen LogP contribution >= 0.6 is 15.9 Å². The van der Waals surface area contributed by atoms with Crippen LogP contribution in [-0.2, 0) is 0 Å². The molecule has 4 heteroatoms. The third-order valence-corrected chi connectivity index (χ3v) is 2.07. The Morgan fingerprint density at radius 2 is 2.25 bits per heavy atom. The van der Waals surface area contributed by atoms with E-state index in [9.17, 15) is 0 Å². The number of hydrogen-bond acceptors (Lipinski definition) is 3. The van der Waals surface area contributed by atoms with Gasteiger partial charge in [-0.3, -0.25) is 5.01 Å². The molecule has 0 atom stereocenters. The number of anilines is 1. The lowest BCUT2D eigenvalue weighted by atomic mass is 10.3. The molecule has 3 nitrogen and oxygen atoms in total. The fourth-order valence-corrected chi connectivity index (χ4v) is 1.42. The standard InChI is InChI=1S/C8H8BrN3/c9-7-2-1-3-8(6-7)12-5-4-10-11-12/h1-6,10-11H. The lowest BCUT2D eigenvalue weighted by Gasteiger charge is -2.15. The van der Waals surface area contributed by atoms with Gasteiger partial charge in [-0.15, -0.1) is 5.53 Å². The Morgan fingerprint density at radius 1 is 1.33 bits per heavy atom. The van der Waals surface area contributed by atoms with Gasteiger partial charge in [-0.1, -0.05) is 22.0 Å². The van der Waals surface area contributed by atoms with E-state index < -0.39 is 0 Å². The molecule has 2 rings (SSSR count). The van der Waals surface area contributed by atoms with Crippen LogP contribution < -0.4 is 16.0 Å². The number of rotatable bonds is 1. The third kappa shape index (κ3) is 1.44. The van der Waals surface area contributed by atoms with Crippen LogP contribution in [-0.4, -0.2) is 0 Å². The van der Waals surface area contributed by atoms with Crippen LogP contribution in [0.2, 0.25) is 0 Å². The van der Waals surface area contributed by atoms with Crippen LogP contribution in [0.15, 0.2) is 41.1 Å². The van der Waals surface area contributed by atoms with Crippen LogP contribution in [0.4, 0.5) is 5.69 Å². The number of hydrazine groups is 2. The first-order chi connectivity index (χ1) is 5.86. The zero-order chi connectivity index (χ0) is 8.39. The van der Waals surface area contributed by atoms with E-state index in [0.717, 1.165) is 10.2 Å². The van der Waals surface area contributed by atoms with Gasteiger partial charge in [0.05, 0.1) is 5.69 Å². The predicted molar refractivity (Wildman–Crippen MR) is 52.0 cm³/mol. The van der Waals surface area contributed by atoms with Gasteiger partial charge in [0, 0.05) is 16.9 Å². The van der Waals surface area contributed by atoms with E-state index in [1.807, 2.05) is 41.7 Å². The summed E-state index contributed by atoms with van der Waals surface area (Å²) in [7, 11) is 0. The molecular formula is C8H8BrN3. The highest BCUT2D eigenvalue weighted by Gasteiger charge is 2.04. The first-order valence-electron chi connectivity index (χ1n) is 3.59. The number of nitrogens with one attached hydrogen (secondary N) is 2. The third-order valence-electron chi connectivity index (χ3n) is 1.58. The molecule has 0 saturated heterocycles. The Balaban J connectivity index is 2.27. The van der Waals surface area contributed by atoms with E-state index in [1.54, 1.807) is 0 Å². The van der Waals surface area contributed by atoms with E-state index in [0.29, 0.717) is 0 Å². The van der Waals surface area contributed by atoms with Gasteiger partial charge in [-0.2, -0.15) is 0 Å². The molecule has 0 fully saturated rings. The lowest BCUT2D eigenvalue weighted by molar-refractivity contribution is 0.680. The lowest BCUT2D eigenvalue weighted by Crippen LogP contribution is -2.35. The minimum Gasteiger partial charge on any atom is -0.309 e. The largest absolute Gasteiger partial charge is 0.309 e. The van der Waals surface area contributed by atoms with Gasteiger partial charge in [-0.05, 0) is 18.2 Å². The monoisotopic (exact) mass is 225 g/mol. The molecule has 2 N–H and O–H groups in total. The summed E-state index contributed by atoms with van der Waals surface area (Å²) in [6.07, 6.45) is 3.75. The van der Waals surface area contributed by atoms with E-state index in [-0.39, 0.29) is 0 Å². The molecule has 0 amide bonds. The van der Waals surface area contributed by atoms with Crippen molar-refractivity contribution in [2.45, 2.75) is 0 Å². The van der Waals surface area contributed by atoms with E-state index >= 15 is 0 Å². The summed E-state index contributed by atoms with van der Waals surface area (Å²) in [4.78, 5) is 0. The fraction of sp³-hybridized carbons (Fsp3) is 0. The molecule has 0 saturated carbocycles. The van der Waals surface area contributed by atoms with Crippen molar-refractivity contribution in [3.63, 3.8) is 0 Å². The molecule has 0 aliphatic carbocycles. The topological polar surface area (TPSA) is 27.3 Å². The average Bonchev–Trinajstić information content (AvgIpc) is 2.56. The molecule has 1 aromatic rings. The van der Waals surface area contributed by atoms with Crippen molar-refractivity contribution in [3.8, 4) is 0 Å². The van der Waals surface area contributed by atoms with Crippen molar-refractivity contribution < 1.29 is 0 Å². The summed E-state index contributed by atoms with van der Waals surface area (Å²) in [6, 6.07) is 8.05. The summed E-state index contributed by atoms with van der Waals surface area (Å²) in [6.45, 7) is 0. The first-order valence-corrected chi connectivity index (χ1v) is 4.38. The average molecular weight is 226 g/mol.